The minimum Gasteiger partial charge on any atom is -0.423 e. The Kier molecular flexibility index (Phi) is 2.72. The molecule has 88 valence electrons. The standard InChI is InChI=1S/C10H17N5O/c1-7-4-2-3-5-14(7)9-6-8(11)15(16)10(12)13-9/h6-7,12,16H,2-5,11H2,1H3. The maximum atomic E-state index is 9.32. The highest BCUT2D eigenvalue weighted by Crippen LogP contribution is 2.22. The van der Waals surface area contributed by atoms with Gasteiger partial charge in [0, 0.05) is 18.7 Å². The number of nitrogens with two attached hydrogens (primary N) is 1. The molecular formula is C10H17N5O. The van der Waals surface area contributed by atoms with E-state index in [0.717, 1.165) is 19.4 Å². The van der Waals surface area contributed by atoms with Crippen LogP contribution >= 0.6 is 0 Å². The first kappa shape index (κ1) is 10.8. The molecule has 6 heteroatoms. The molecule has 1 fully saturated rings. The van der Waals surface area contributed by atoms with Gasteiger partial charge in [-0.1, -0.05) is 0 Å². The number of nitrogen functional groups attached to an aromatic ring is 1. The van der Waals surface area contributed by atoms with Crippen molar-refractivity contribution in [1.29, 1.82) is 5.41 Å². The van der Waals surface area contributed by atoms with Crippen LogP contribution in [0.15, 0.2) is 6.07 Å². The van der Waals surface area contributed by atoms with Gasteiger partial charge in [-0.2, -0.15) is 4.98 Å². The van der Waals surface area contributed by atoms with E-state index in [4.69, 9.17) is 11.1 Å². The Morgan fingerprint density at radius 1 is 1.56 bits per heavy atom. The van der Waals surface area contributed by atoms with E-state index >= 15 is 0 Å². The highest BCUT2D eigenvalue weighted by molar-refractivity contribution is 5.47. The van der Waals surface area contributed by atoms with E-state index in [0.29, 0.717) is 16.6 Å². The molecule has 0 spiro atoms. The normalized spacial score (nSPS) is 21.1. The van der Waals surface area contributed by atoms with Gasteiger partial charge in [0.1, 0.15) is 11.6 Å². The third kappa shape index (κ3) is 1.82. The summed E-state index contributed by atoms with van der Waals surface area (Å²) in [5, 5.41) is 16.8. The van der Waals surface area contributed by atoms with Gasteiger partial charge in [0.05, 0.1) is 0 Å². The number of nitrogens with zero attached hydrogens (tertiary/aromatic N) is 3. The van der Waals surface area contributed by atoms with E-state index in [2.05, 4.69) is 16.8 Å². The van der Waals surface area contributed by atoms with Gasteiger partial charge in [-0.3, -0.25) is 5.41 Å². The number of piperidine rings is 1. The van der Waals surface area contributed by atoms with Crippen molar-refractivity contribution >= 4 is 11.6 Å². The van der Waals surface area contributed by atoms with E-state index < -0.39 is 0 Å². The molecule has 1 saturated heterocycles. The first-order valence-corrected chi connectivity index (χ1v) is 5.49. The fourth-order valence-electron chi connectivity index (χ4n) is 2.09. The summed E-state index contributed by atoms with van der Waals surface area (Å²) in [6, 6.07) is 2.02. The lowest BCUT2D eigenvalue weighted by Crippen LogP contribution is -2.39. The van der Waals surface area contributed by atoms with E-state index in [-0.39, 0.29) is 11.4 Å². The van der Waals surface area contributed by atoms with E-state index in [9.17, 15) is 5.21 Å². The molecule has 0 radical (unpaired) electrons. The second kappa shape index (κ2) is 4.03. The van der Waals surface area contributed by atoms with Crippen molar-refractivity contribution in [3.05, 3.63) is 11.7 Å². The number of aromatic nitrogens is 2. The van der Waals surface area contributed by atoms with Crippen LogP contribution in [-0.2, 0) is 0 Å². The van der Waals surface area contributed by atoms with Gasteiger partial charge in [-0.15, -0.1) is 4.73 Å². The Morgan fingerprint density at radius 2 is 2.31 bits per heavy atom. The average Bonchev–Trinajstić information content (AvgIpc) is 2.26. The van der Waals surface area contributed by atoms with E-state index in [1.54, 1.807) is 6.07 Å². The zero-order valence-electron chi connectivity index (χ0n) is 9.35. The Balaban J connectivity index is 2.36. The van der Waals surface area contributed by atoms with Gasteiger partial charge < -0.3 is 15.8 Å². The van der Waals surface area contributed by atoms with Gasteiger partial charge >= 0.3 is 0 Å². The molecule has 1 aromatic heterocycles. The lowest BCUT2D eigenvalue weighted by molar-refractivity contribution is 0.171. The molecule has 1 aliphatic rings. The average molecular weight is 223 g/mol. The van der Waals surface area contributed by atoms with Crippen molar-refractivity contribution in [2.45, 2.75) is 32.2 Å². The summed E-state index contributed by atoms with van der Waals surface area (Å²) in [4.78, 5) is 6.17. The minimum absolute atomic E-state index is 0.146. The van der Waals surface area contributed by atoms with Crippen molar-refractivity contribution in [1.82, 2.24) is 9.71 Å². The van der Waals surface area contributed by atoms with Crippen molar-refractivity contribution < 1.29 is 5.21 Å². The van der Waals surface area contributed by atoms with Crippen molar-refractivity contribution in [2.75, 3.05) is 17.2 Å². The predicted octanol–water partition coefficient (Wildman–Crippen LogP) is 0.561. The monoisotopic (exact) mass is 223 g/mol. The molecular weight excluding hydrogens is 206 g/mol. The van der Waals surface area contributed by atoms with Gasteiger partial charge in [0.2, 0.25) is 0 Å². The van der Waals surface area contributed by atoms with Crippen LogP contribution in [0.3, 0.4) is 0 Å². The Hall–Kier alpha value is -1.72. The fraction of sp³-hybridized carbons (Fsp3) is 0.600. The molecule has 1 unspecified atom stereocenters. The van der Waals surface area contributed by atoms with E-state index in [1.165, 1.54) is 6.42 Å². The first-order chi connectivity index (χ1) is 7.59. The summed E-state index contributed by atoms with van der Waals surface area (Å²) in [6.45, 7) is 3.07. The molecule has 2 heterocycles. The van der Waals surface area contributed by atoms with Gasteiger partial charge in [0.15, 0.2) is 0 Å². The summed E-state index contributed by atoms with van der Waals surface area (Å²) in [5.41, 5.74) is 5.37. The summed E-state index contributed by atoms with van der Waals surface area (Å²) in [7, 11) is 0. The van der Waals surface area contributed by atoms with Crippen LogP contribution in [0.25, 0.3) is 0 Å². The van der Waals surface area contributed by atoms with Crippen molar-refractivity contribution in [3.63, 3.8) is 0 Å². The van der Waals surface area contributed by atoms with Crippen molar-refractivity contribution in [3.8, 4) is 0 Å². The summed E-state index contributed by atoms with van der Waals surface area (Å²) in [5.74, 6) is 0.827. The lowest BCUT2D eigenvalue weighted by Gasteiger charge is -2.34. The maximum absolute atomic E-state index is 9.32. The molecule has 0 aromatic carbocycles. The predicted molar refractivity (Wildman–Crippen MR) is 60.3 cm³/mol. The van der Waals surface area contributed by atoms with E-state index in [1.807, 2.05) is 0 Å². The Bertz CT molecular complexity index is 441. The molecule has 1 atom stereocenters. The topological polar surface area (TPSA) is 91.2 Å². The van der Waals surface area contributed by atoms with Crippen LogP contribution in [0.4, 0.5) is 11.6 Å². The van der Waals surface area contributed by atoms with Gasteiger partial charge in [-0.25, -0.2) is 0 Å². The summed E-state index contributed by atoms with van der Waals surface area (Å²) in [6.07, 6.45) is 3.49. The van der Waals surface area contributed by atoms with Gasteiger partial charge in [0.25, 0.3) is 5.62 Å². The Morgan fingerprint density at radius 3 is 2.94 bits per heavy atom. The summed E-state index contributed by atoms with van der Waals surface area (Å²) < 4.78 is 0.581. The third-order valence-electron chi connectivity index (χ3n) is 3.04. The smallest absolute Gasteiger partial charge is 0.259 e. The largest absolute Gasteiger partial charge is 0.423 e. The molecule has 1 aliphatic heterocycles. The van der Waals surface area contributed by atoms with Crippen LogP contribution < -0.4 is 16.3 Å². The number of rotatable bonds is 1. The van der Waals surface area contributed by atoms with Crippen LogP contribution in [0.1, 0.15) is 26.2 Å². The molecule has 0 bridgehead atoms. The molecule has 6 nitrogen and oxygen atoms in total. The zero-order valence-corrected chi connectivity index (χ0v) is 9.35. The molecule has 2 rings (SSSR count). The minimum atomic E-state index is -0.229. The highest BCUT2D eigenvalue weighted by Gasteiger charge is 2.20. The molecule has 16 heavy (non-hydrogen) atoms. The van der Waals surface area contributed by atoms with Crippen molar-refractivity contribution in [2.24, 2.45) is 0 Å². The lowest BCUT2D eigenvalue weighted by atomic mass is 10.0. The molecule has 4 N–H and O–H groups in total. The quantitative estimate of drug-likeness (QED) is 0.607. The van der Waals surface area contributed by atoms with Crippen LogP contribution in [0.2, 0.25) is 0 Å². The molecule has 1 aromatic rings. The van der Waals surface area contributed by atoms with Gasteiger partial charge in [-0.05, 0) is 26.2 Å². The first-order valence-electron chi connectivity index (χ1n) is 5.49. The third-order valence-corrected chi connectivity index (χ3v) is 3.04. The fourth-order valence-corrected chi connectivity index (χ4v) is 2.09. The molecule has 0 amide bonds. The van der Waals surface area contributed by atoms with Crippen LogP contribution in [0, 0.1) is 5.41 Å². The zero-order chi connectivity index (χ0) is 11.7. The van der Waals surface area contributed by atoms with Crippen LogP contribution in [0.5, 0.6) is 0 Å². The molecule has 0 aliphatic carbocycles. The SMILES string of the molecule is CC1CCCCN1c1cc(N)n(O)c(=N)n1. The number of anilines is 2. The second-order valence-electron chi connectivity index (χ2n) is 4.21. The second-order valence-corrected chi connectivity index (χ2v) is 4.21. The summed E-state index contributed by atoms with van der Waals surface area (Å²) >= 11 is 0. The number of hydrogen-bond acceptors (Lipinski definition) is 5. The number of hydrogen-bond donors (Lipinski definition) is 3. The Labute approximate surface area is 93.8 Å². The van der Waals surface area contributed by atoms with Crippen LogP contribution in [-0.4, -0.2) is 27.5 Å². The number of nitrogens with one attached hydrogen (secondary N) is 1. The highest BCUT2D eigenvalue weighted by atomic mass is 16.5. The molecule has 0 saturated carbocycles. The maximum Gasteiger partial charge on any atom is 0.259 e.